The van der Waals surface area contributed by atoms with E-state index in [0.29, 0.717) is 17.2 Å². The van der Waals surface area contributed by atoms with Gasteiger partial charge in [0.2, 0.25) is 0 Å². The maximum Gasteiger partial charge on any atom is 0.162 e. The van der Waals surface area contributed by atoms with E-state index in [2.05, 4.69) is 0 Å². The molecule has 0 bridgehead atoms. The van der Waals surface area contributed by atoms with Crippen molar-refractivity contribution in [1.82, 2.24) is 0 Å². The highest BCUT2D eigenvalue weighted by molar-refractivity contribution is 6.17. The van der Waals surface area contributed by atoms with Crippen LogP contribution in [0.3, 0.4) is 0 Å². The lowest BCUT2D eigenvalue weighted by molar-refractivity contribution is 0.371. The monoisotopic (exact) mass is 186 g/mol. The standard InChI is InChI=1S/C9H11ClO2/c1-6-3-7(5-10)9(11)8(4-6)12-2/h3-4,11H,5H2,1-2H3. The minimum atomic E-state index is 0.137. The minimum absolute atomic E-state index is 0.137. The number of phenolic OH excluding ortho intramolecular Hbond substituents is 1. The molecule has 0 spiro atoms. The Morgan fingerprint density at radius 2 is 2.17 bits per heavy atom. The van der Waals surface area contributed by atoms with Crippen LogP contribution in [0.1, 0.15) is 11.1 Å². The highest BCUT2D eigenvalue weighted by atomic mass is 35.5. The van der Waals surface area contributed by atoms with Crippen LogP contribution in [0.2, 0.25) is 0 Å². The average Bonchev–Trinajstić information content (AvgIpc) is 2.08. The first kappa shape index (κ1) is 9.20. The number of rotatable bonds is 2. The highest BCUT2D eigenvalue weighted by Gasteiger charge is 2.07. The molecule has 0 aromatic heterocycles. The van der Waals surface area contributed by atoms with Crippen LogP contribution in [0.15, 0.2) is 12.1 Å². The third-order valence-corrected chi connectivity index (χ3v) is 1.95. The first-order valence-corrected chi connectivity index (χ1v) is 4.15. The molecule has 0 radical (unpaired) electrons. The summed E-state index contributed by atoms with van der Waals surface area (Å²) in [5, 5.41) is 9.50. The minimum Gasteiger partial charge on any atom is -0.504 e. The summed E-state index contributed by atoms with van der Waals surface area (Å²) < 4.78 is 4.96. The van der Waals surface area contributed by atoms with Crippen LogP contribution < -0.4 is 4.74 Å². The molecule has 0 atom stereocenters. The van der Waals surface area contributed by atoms with Crippen LogP contribution in [0, 0.1) is 6.92 Å². The SMILES string of the molecule is COc1cc(C)cc(CCl)c1O. The van der Waals surface area contributed by atoms with Gasteiger partial charge in [-0.05, 0) is 18.6 Å². The maximum atomic E-state index is 9.50. The molecule has 0 saturated heterocycles. The van der Waals surface area contributed by atoms with Gasteiger partial charge in [-0.25, -0.2) is 0 Å². The number of aromatic hydroxyl groups is 1. The number of hydrogen-bond donors (Lipinski definition) is 1. The van der Waals surface area contributed by atoms with Crippen LogP contribution in [0.4, 0.5) is 0 Å². The Balaban J connectivity index is 3.22. The molecule has 2 nitrogen and oxygen atoms in total. The smallest absolute Gasteiger partial charge is 0.162 e. The fourth-order valence-corrected chi connectivity index (χ4v) is 1.28. The van der Waals surface area contributed by atoms with Crippen LogP contribution in [-0.4, -0.2) is 12.2 Å². The Morgan fingerprint density at radius 1 is 1.50 bits per heavy atom. The molecule has 66 valence electrons. The van der Waals surface area contributed by atoms with Crippen molar-refractivity contribution >= 4 is 11.6 Å². The zero-order chi connectivity index (χ0) is 9.14. The molecular weight excluding hydrogens is 176 g/mol. The third-order valence-electron chi connectivity index (χ3n) is 1.66. The number of aryl methyl sites for hydroxylation is 1. The van der Waals surface area contributed by atoms with E-state index >= 15 is 0 Å². The lowest BCUT2D eigenvalue weighted by Gasteiger charge is -2.07. The third kappa shape index (κ3) is 1.64. The van der Waals surface area contributed by atoms with Crippen molar-refractivity contribution < 1.29 is 9.84 Å². The van der Waals surface area contributed by atoms with Crippen LogP contribution in [-0.2, 0) is 5.88 Å². The van der Waals surface area contributed by atoms with E-state index in [4.69, 9.17) is 16.3 Å². The lowest BCUT2D eigenvalue weighted by Crippen LogP contribution is -1.89. The van der Waals surface area contributed by atoms with Gasteiger partial charge in [-0.3, -0.25) is 0 Å². The number of hydrogen-bond acceptors (Lipinski definition) is 2. The van der Waals surface area contributed by atoms with Crippen LogP contribution >= 0.6 is 11.6 Å². The van der Waals surface area contributed by atoms with Gasteiger partial charge in [0.1, 0.15) is 0 Å². The fraction of sp³-hybridized carbons (Fsp3) is 0.333. The van der Waals surface area contributed by atoms with Gasteiger partial charge in [0.25, 0.3) is 0 Å². The van der Waals surface area contributed by atoms with Gasteiger partial charge in [-0.15, -0.1) is 11.6 Å². The molecule has 0 unspecified atom stereocenters. The van der Waals surface area contributed by atoms with E-state index in [1.807, 2.05) is 13.0 Å². The van der Waals surface area contributed by atoms with Crippen molar-refractivity contribution in [2.45, 2.75) is 12.8 Å². The molecule has 1 aromatic carbocycles. The Bertz CT molecular complexity index is 259. The van der Waals surface area contributed by atoms with Crippen molar-refractivity contribution in [3.05, 3.63) is 23.3 Å². The predicted molar refractivity (Wildman–Crippen MR) is 49.0 cm³/mol. The molecule has 1 aromatic rings. The Kier molecular flexibility index (Phi) is 2.82. The molecule has 12 heavy (non-hydrogen) atoms. The summed E-state index contributed by atoms with van der Waals surface area (Å²) in [5.74, 6) is 0.910. The Hall–Kier alpha value is -0.890. The molecule has 0 aliphatic carbocycles. The van der Waals surface area contributed by atoms with Crippen molar-refractivity contribution in [2.24, 2.45) is 0 Å². The second-order valence-corrected chi connectivity index (χ2v) is 2.88. The van der Waals surface area contributed by atoms with Gasteiger partial charge in [0.15, 0.2) is 11.5 Å². The predicted octanol–water partition coefficient (Wildman–Crippen LogP) is 2.45. The summed E-state index contributed by atoms with van der Waals surface area (Å²) >= 11 is 5.62. The van der Waals surface area contributed by atoms with E-state index in [0.717, 1.165) is 5.56 Å². The molecule has 1 rings (SSSR count). The molecule has 1 N–H and O–H groups in total. The maximum absolute atomic E-state index is 9.50. The number of ether oxygens (including phenoxy) is 1. The number of alkyl halides is 1. The highest BCUT2D eigenvalue weighted by Crippen LogP contribution is 2.31. The number of halogens is 1. The number of benzene rings is 1. The molecule has 3 heteroatoms. The van der Waals surface area contributed by atoms with E-state index in [1.165, 1.54) is 7.11 Å². The Morgan fingerprint density at radius 3 is 2.67 bits per heavy atom. The zero-order valence-electron chi connectivity index (χ0n) is 7.10. The summed E-state index contributed by atoms with van der Waals surface area (Å²) in [6, 6.07) is 3.61. The van der Waals surface area contributed by atoms with Crippen molar-refractivity contribution in [3.63, 3.8) is 0 Å². The first-order chi connectivity index (χ1) is 5.69. The van der Waals surface area contributed by atoms with Crippen molar-refractivity contribution in [2.75, 3.05) is 7.11 Å². The van der Waals surface area contributed by atoms with Crippen molar-refractivity contribution in [1.29, 1.82) is 0 Å². The van der Waals surface area contributed by atoms with Crippen molar-refractivity contribution in [3.8, 4) is 11.5 Å². The van der Waals surface area contributed by atoms with Gasteiger partial charge in [0.05, 0.1) is 13.0 Å². The van der Waals surface area contributed by atoms with Gasteiger partial charge in [-0.1, -0.05) is 6.07 Å². The van der Waals surface area contributed by atoms with E-state index < -0.39 is 0 Å². The second kappa shape index (κ2) is 3.68. The largest absolute Gasteiger partial charge is 0.504 e. The second-order valence-electron chi connectivity index (χ2n) is 2.61. The van der Waals surface area contributed by atoms with Gasteiger partial charge < -0.3 is 9.84 Å². The summed E-state index contributed by atoms with van der Waals surface area (Å²) in [6.45, 7) is 1.93. The number of phenols is 1. The first-order valence-electron chi connectivity index (χ1n) is 3.61. The Labute approximate surface area is 76.7 Å². The van der Waals surface area contributed by atoms with Gasteiger partial charge in [-0.2, -0.15) is 0 Å². The summed E-state index contributed by atoms with van der Waals surface area (Å²) in [4.78, 5) is 0. The van der Waals surface area contributed by atoms with Crippen LogP contribution in [0.5, 0.6) is 11.5 Å². The molecule has 0 saturated carbocycles. The topological polar surface area (TPSA) is 29.5 Å². The van der Waals surface area contributed by atoms with E-state index in [9.17, 15) is 5.11 Å². The summed E-state index contributed by atoms with van der Waals surface area (Å²) in [5.41, 5.74) is 1.73. The zero-order valence-corrected chi connectivity index (χ0v) is 7.85. The molecular formula is C9H11ClO2. The van der Waals surface area contributed by atoms with E-state index in [1.54, 1.807) is 6.07 Å². The summed E-state index contributed by atoms with van der Waals surface area (Å²) in [7, 11) is 1.52. The van der Waals surface area contributed by atoms with Gasteiger partial charge >= 0.3 is 0 Å². The van der Waals surface area contributed by atoms with Crippen LogP contribution in [0.25, 0.3) is 0 Å². The normalized spacial score (nSPS) is 9.92. The quantitative estimate of drug-likeness (QED) is 0.719. The molecule has 0 aliphatic rings. The molecule has 0 amide bonds. The fourth-order valence-electron chi connectivity index (χ4n) is 1.08. The van der Waals surface area contributed by atoms with E-state index in [-0.39, 0.29) is 5.75 Å². The lowest BCUT2D eigenvalue weighted by atomic mass is 10.1. The average molecular weight is 187 g/mol. The number of methoxy groups -OCH3 is 1. The molecule has 0 aliphatic heterocycles. The summed E-state index contributed by atoms with van der Waals surface area (Å²) in [6.07, 6.45) is 0. The van der Waals surface area contributed by atoms with Gasteiger partial charge in [0, 0.05) is 5.56 Å². The molecule has 0 fully saturated rings. The molecule has 0 heterocycles.